The van der Waals surface area contributed by atoms with Crippen LogP contribution in [0.4, 0.5) is 4.39 Å². The maximum atomic E-state index is 15.0. The molecule has 0 bridgehead atoms. The Morgan fingerprint density at radius 2 is 1.91 bits per heavy atom. The van der Waals surface area contributed by atoms with Crippen LogP contribution in [0.1, 0.15) is 30.7 Å². The Bertz CT molecular complexity index is 1570. The van der Waals surface area contributed by atoms with Gasteiger partial charge in [-0.1, -0.05) is 29.3 Å². The first-order valence-corrected chi connectivity index (χ1v) is 13.2. The van der Waals surface area contributed by atoms with Crippen molar-refractivity contribution >= 4 is 49.6 Å². The van der Waals surface area contributed by atoms with Gasteiger partial charge >= 0.3 is 0 Å². The fourth-order valence-electron chi connectivity index (χ4n) is 3.89. The van der Waals surface area contributed by atoms with Gasteiger partial charge in [-0.2, -0.15) is 5.10 Å². The quantitative estimate of drug-likeness (QED) is 0.375. The second-order valence-corrected chi connectivity index (χ2v) is 11.1. The number of fused-ring (bicyclic) bond motifs is 1. The minimum Gasteiger partial charge on any atom is -0.470 e. The van der Waals surface area contributed by atoms with Crippen LogP contribution in [-0.4, -0.2) is 45.1 Å². The Hall–Kier alpha value is -3.08. The summed E-state index contributed by atoms with van der Waals surface area (Å²) in [6.45, 7) is 1.79. The first-order valence-electron chi connectivity index (χ1n) is 10.6. The van der Waals surface area contributed by atoms with E-state index in [1.807, 2.05) is 0 Å². The van der Waals surface area contributed by atoms with Crippen LogP contribution in [0.2, 0.25) is 10.0 Å². The first kappa shape index (κ1) is 23.7. The topological polar surface area (TPSA) is 111 Å². The fraction of sp³-hybridized carbons (Fsp3) is 0.217. The van der Waals surface area contributed by atoms with Gasteiger partial charge in [-0.05, 0) is 31.1 Å². The third-order valence-corrected chi connectivity index (χ3v) is 7.76. The highest BCUT2D eigenvalue weighted by Crippen LogP contribution is 2.34. The van der Waals surface area contributed by atoms with Crippen molar-refractivity contribution in [3.8, 4) is 17.1 Å². The number of nitrogens with one attached hydrogen (secondary N) is 1. The molecule has 0 spiro atoms. The lowest BCUT2D eigenvalue weighted by Gasteiger charge is -2.16. The molecule has 0 radical (unpaired) electrons. The molecule has 0 saturated carbocycles. The van der Waals surface area contributed by atoms with Gasteiger partial charge in [0.05, 0.1) is 27.1 Å². The van der Waals surface area contributed by atoms with E-state index in [0.29, 0.717) is 49.4 Å². The summed E-state index contributed by atoms with van der Waals surface area (Å²) < 4.78 is 44.2. The van der Waals surface area contributed by atoms with Crippen molar-refractivity contribution in [2.75, 3.05) is 11.5 Å². The van der Waals surface area contributed by atoms with E-state index in [-0.39, 0.29) is 23.6 Å². The van der Waals surface area contributed by atoms with Gasteiger partial charge in [0.2, 0.25) is 5.88 Å². The summed E-state index contributed by atoms with van der Waals surface area (Å²) in [7, 11) is -3.12. The molecule has 5 heterocycles. The van der Waals surface area contributed by atoms with E-state index in [1.165, 1.54) is 30.7 Å². The maximum absolute atomic E-state index is 15.0. The summed E-state index contributed by atoms with van der Waals surface area (Å²) in [5.41, 5.74) is 3.22. The number of aromatic nitrogens is 5. The summed E-state index contributed by atoms with van der Waals surface area (Å²) in [5.74, 6) is -0.398. The normalized spacial score (nSPS) is 16.2. The zero-order valence-electron chi connectivity index (χ0n) is 18.3. The van der Waals surface area contributed by atoms with Crippen molar-refractivity contribution in [2.24, 2.45) is 0 Å². The van der Waals surface area contributed by atoms with Crippen molar-refractivity contribution in [3.63, 3.8) is 0 Å². The number of ether oxygens (including phenoxy) is 1. The SMILES string of the molecule is C[C@@H](Oc1ccc2[nH]nc(-c3cnc(C4=CCS(=O)(=O)CC4)c(F)c3)c2n1)c1c(Cl)cncc1Cl. The summed E-state index contributed by atoms with van der Waals surface area (Å²) in [5, 5.41) is 7.91. The molecule has 4 aromatic rings. The Labute approximate surface area is 210 Å². The molecule has 4 aromatic heterocycles. The van der Waals surface area contributed by atoms with Gasteiger partial charge in [0.1, 0.15) is 28.8 Å². The second kappa shape index (κ2) is 9.18. The number of sulfone groups is 1. The summed E-state index contributed by atoms with van der Waals surface area (Å²) in [6.07, 6.45) is 5.70. The molecule has 0 saturated heterocycles. The van der Waals surface area contributed by atoms with Gasteiger partial charge in [-0.25, -0.2) is 17.8 Å². The molecule has 1 aliphatic rings. The van der Waals surface area contributed by atoms with Crippen molar-refractivity contribution < 1.29 is 17.5 Å². The van der Waals surface area contributed by atoms with Gasteiger partial charge < -0.3 is 4.74 Å². The Morgan fingerprint density at radius 1 is 1.14 bits per heavy atom. The predicted molar refractivity (Wildman–Crippen MR) is 132 cm³/mol. The van der Waals surface area contributed by atoms with Crippen LogP contribution in [0.25, 0.3) is 27.9 Å². The molecule has 1 aliphatic heterocycles. The monoisotopic (exact) mass is 533 g/mol. The van der Waals surface area contributed by atoms with Crippen LogP contribution in [0.15, 0.2) is 42.9 Å². The molecule has 180 valence electrons. The molecule has 0 amide bonds. The Morgan fingerprint density at radius 3 is 2.60 bits per heavy atom. The average molecular weight is 534 g/mol. The van der Waals surface area contributed by atoms with E-state index >= 15 is 0 Å². The van der Waals surface area contributed by atoms with Crippen LogP contribution >= 0.6 is 23.2 Å². The number of pyridine rings is 3. The van der Waals surface area contributed by atoms with Gasteiger partial charge in [-0.15, -0.1) is 0 Å². The molecule has 35 heavy (non-hydrogen) atoms. The molecule has 1 N–H and O–H groups in total. The molecule has 0 fully saturated rings. The number of nitrogens with zero attached hydrogens (tertiary/aromatic N) is 4. The molecule has 1 atom stereocenters. The summed E-state index contributed by atoms with van der Waals surface area (Å²) in [4.78, 5) is 12.8. The van der Waals surface area contributed by atoms with Crippen molar-refractivity contribution in [3.05, 3.63) is 70.0 Å². The minimum absolute atomic E-state index is 0.0211. The summed E-state index contributed by atoms with van der Waals surface area (Å²) in [6, 6.07) is 4.74. The first-order chi connectivity index (χ1) is 16.7. The Kier molecular flexibility index (Phi) is 6.20. The maximum Gasteiger partial charge on any atom is 0.214 e. The van der Waals surface area contributed by atoms with Gasteiger partial charge in [-0.3, -0.25) is 15.1 Å². The number of rotatable bonds is 5. The zero-order chi connectivity index (χ0) is 24.7. The third-order valence-electron chi connectivity index (χ3n) is 5.66. The highest BCUT2D eigenvalue weighted by molar-refractivity contribution is 7.91. The van der Waals surface area contributed by atoms with Crippen LogP contribution in [0.3, 0.4) is 0 Å². The lowest BCUT2D eigenvalue weighted by molar-refractivity contribution is 0.218. The minimum atomic E-state index is -3.12. The van der Waals surface area contributed by atoms with E-state index < -0.39 is 21.8 Å². The number of hydrogen-bond donors (Lipinski definition) is 1. The van der Waals surface area contributed by atoms with Crippen molar-refractivity contribution in [2.45, 2.75) is 19.4 Å². The van der Waals surface area contributed by atoms with E-state index in [2.05, 4.69) is 25.1 Å². The van der Waals surface area contributed by atoms with E-state index in [1.54, 1.807) is 19.1 Å². The molecular formula is C23H18Cl2FN5O3S. The fourth-order valence-corrected chi connectivity index (χ4v) is 5.72. The number of aromatic amines is 1. The van der Waals surface area contributed by atoms with E-state index in [9.17, 15) is 12.8 Å². The molecule has 8 nitrogen and oxygen atoms in total. The van der Waals surface area contributed by atoms with Gasteiger partial charge in [0.25, 0.3) is 0 Å². The highest BCUT2D eigenvalue weighted by atomic mass is 35.5. The van der Waals surface area contributed by atoms with Gasteiger partial charge in [0, 0.05) is 35.8 Å². The lowest BCUT2D eigenvalue weighted by atomic mass is 10.1. The van der Waals surface area contributed by atoms with Crippen molar-refractivity contribution in [1.29, 1.82) is 0 Å². The summed E-state index contributed by atoms with van der Waals surface area (Å²) >= 11 is 12.5. The van der Waals surface area contributed by atoms with Crippen LogP contribution in [0.5, 0.6) is 5.88 Å². The highest BCUT2D eigenvalue weighted by Gasteiger charge is 2.22. The predicted octanol–water partition coefficient (Wildman–Crippen LogP) is 5.20. The molecule has 12 heteroatoms. The van der Waals surface area contributed by atoms with Gasteiger partial charge in [0.15, 0.2) is 9.84 Å². The number of allylic oxidation sites excluding steroid dienone is 1. The smallest absolute Gasteiger partial charge is 0.214 e. The molecule has 0 aliphatic carbocycles. The van der Waals surface area contributed by atoms with Crippen LogP contribution in [0, 0.1) is 5.82 Å². The Balaban J connectivity index is 1.45. The van der Waals surface area contributed by atoms with E-state index in [0.717, 1.165) is 0 Å². The second-order valence-electron chi connectivity index (χ2n) is 8.04. The van der Waals surface area contributed by atoms with E-state index in [4.69, 9.17) is 27.9 Å². The number of hydrogen-bond acceptors (Lipinski definition) is 7. The van der Waals surface area contributed by atoms with Crippen molar-refractivity contribution in [1.82, 2.24) is 25.1 Å². The number of H-pyrrole nitrogens is 1. The molecular weight excluding hydrogens is 516 g/mol. The lowest BCUT2D eigenvalue weighted by Crippen LogP contribution is -2.15. The molecule has 0 aromatic carbocycles. The standard InChI is InChI=1S/C23H18Cl2FN5O3S/c1-12(20-15(24)10-27-11-16(20)25)34-19-3-2-18-23(29-19)22(31-30-18)14-8-17(26)21(28-9-14)13-4-6-35(32,33)7-5-13/h2-4,8-12H,5-7H2,1H3,(H,30,31)/t12-/m1/s1. The molecule has 5 rings (SSSR count). The number of halogens is 3. The van der Waals surface area contributed by atoms with Crippen LogP contribution in [-0.2, 0) is 9.84 Å². The molecule has 0 unspecified atom stereocenters. The zero-order valence-corrected chi connectivity index (χ0v) is 20.6. The third kappa shape index (κ3) is 4.73. The largest absolute Gasteiger partial charge is 0.470 e. The van der Waals surface area contributed by atoms with Crippen LogP contribution < -0.4 is 4.74 Å². The average Bonchev–Trinajstić information content (AvgIpc) is 3.22.